The van der Waals surface area contributed by atoms with Crippen molar-refractivity contribution in [2.75, 3.05) is 6.61 Å². The van der Waals surface area contributed by atoms with E-state index in [2.05, 4.69) is 0 Å². The van der Waals surface area contributed by atoms with Gasteiger partial charge in [0, 0.05) is 12.5 Å². The first-order chi connectivity index (χ1) is 4.25. The van der Waals surface area contributed by atoms with Crippen molar-refractivity contribution in [3.63, 3.8) is 0 Å². The van der Waals surface area contributed by atoms with Crippen molar-refractivity contribution in [2.45, 2.75) is 26.4 Å². The molecule has 0 aliphatic heterocycles. The minimum atomic E-state index is 0.227. The van der Waals surface area contributed by atoms with Gasteiger partial charge in [0.2, 0.25) is 0 Å². The normalized spacial score (nSPS) is 32.2. The van der Waals surface area contributed by atoms with Crippen LogP contribution in [0.4, 0.5) is 0 Å². The van der Waals surface area contributed by atoms with Gasteiger partial charge < -0.3 is 4.74 Å². The molecule has 0 radical (unpaired) electrons. The Balaban J connectivity index is 2.17. The van der Waals surface area contributed by atoms with E-state index >= 15 is 0 Å². The van der Waals surface area contributed by atoms with Crippen molar-refractivity contribution >= 4 is 5.78 Å². The Labute approximate surface area is 55.2 Å². The topological polar surface area (TPSA) is 26.3 Å². The lowest BCUT2D eigenvalue weighted by molar-refractivity contribution is -0.119. The summed E-state index contributed by atoms with van der Waals surface area (Å²) in [6.45, 7) is 4.31. The highest BCUT2D eigenvalue weighted by Gasteiger charge is 2.41. The SMILES string of the molecule is CCOC1CC1C(C)=O. The molecule has 1 aliphatic carbocycles. The summed E-state index contributed by atoms with van der Waals surface area (Å²) >= 11 is 0. The molecular formula is C7H12O2. The molecule has 0 spiro atoms. The average Bonchev–Trinajstić information content (AvgIpc) is 2.47. The summed E-state index contributed by atoms with van der Waals surface area (Å²) in [6.07, 6.45) is 1.20. The molecule has 1 aliphatic rings. The van der Waals surface area contributed by atoms with Gasteiger partial charge in [-0.25, -0.2) is 0 Å². The second kappa shape index (κ2) is 2.48. The maximum absolute atomic E-state index is 10.6. The van der Waals surface area contributed by atoms with Gasteiger partial charge in [0.05, 0.1) is 6.10 Å². The first-order valence-electron chi connectivity index (χ1n) is 3.37. The molecule has 0 aromatic rings. The summed E-state index contributed by atoms with van der Waals surface area (Å²) in [4.78, 5) is 10.6. The Bertz CT molecular complexity index is 120. The van der Waals surface area contributed by atoms with E-state index in [-0.39, 0.29) is 17.8 Å². The number of ketones is 1. The van der Waals surface area contributed by atoms with E-state index in [1.807, 2.05) is 6.92 Å². The number of carbonyl (C=O) groups is 1. The molecule has 0 saturated heterocycles. The number of ether oxygens (including phenoxy) is 1. The van der Waals surface area contributed by atoms with Crippen LogP contribution in [-0.2, 0) is 9.53 Å². The molecule has 0 bridgehead atoms. The van der Waals surface area contributed by atoms with Crippen LogP contribution >= 0.6 is 0 Å². The van der Waals surface area contributed by atoms with Gasteiger partial charge in [-0.05, 0) is 20.3 Å². The summed E-state index contributed by atoms with van der Waals surface area (Å²) < 4.78 is 5.21. The highest BCUT2D eigenvalue weighted by atomic mass is 16.5. The van der Waals surface area contributed by atoms with Crippen LogP contribution in [0.25, 0.3) is 0 Å². The van der Waals surface area contributed by atoms with Gasteiger partial charge in [0.25, 0.3) is 0 Å². The summed E-state index contributed by atoms with van der Waals surface area (Å²) in [7, 11) is 0. The molecular weight excluding hydrogens is 116 g/mol. The maximum Gasteiger partial charge on any atom is 0.135 e. The summed E-state index contributed by atoms with van der Waals surface area (Å²) in [5.41, 5.74) is 0. The molecule has 0 N–H and O–H groups in total. The van der Waals surface area contributed by atoms with Crippen LogP contribution in [-0.4, -0.2) is 18.5 Å². The van der Waals surface area contributed by atoms with Crippen molar-refractivity contribution in [3.8, 4) is 0 Å². The van der Waals surface area contributed by atoms with Crippen molar-refractivity contribution < 1.29 is 9.53 Å². The van der Waals surface area contributed by atoms with Gasteiger partial charge in [-0.15, -0.1) is 0 Å². The van der Waals surface area contributed by atoms with Crippen molar-refractivity contribution in [1.29, 1.82) is 0 Å². The van der Waals surface area contributed by atoms with Gasteiger partial charge in [-0.2, -0.15) is 0 Å². The zero-order chi connectivity index (χ0) is 6.85. The average molecular weight is 128 g/mol. The first-order valence-corrected chi connectivity index (χ1v) is 3.37. The van der Waals surface area contributed by atoms with Crippen LogP contribution in [0.1, 0.15) is 20.3 Å². The highest BCUT2D eigenvalue weighted by molar-refractivity contribution is 5.81. The molecule has 52 valence electrons. The van der Waals surface area contributed by atoms with Crippen LogP contribution in [0.15, 0.2) is 0 Å². The molecule has 0 amide bonds. The number of hydrogen-bond acceptors (Lipinski definition) is 2. The Morgan fingerprint density at radius 3 is 2.78 bits per heavy atom. The number of Topliss-reactive ketones (excluding diaryl/α,β-unsaturated/α-hetero) is 1. The smallest absolute Gasteiger partial charge is 0.135 e. The molecule has 1 rings (SSSR count). The number of carbonyl (C=O) groups excluding carboxylic acids is 1. The second-order valence-corrected chi connectivity index (χ2v) is 2.45. The van der Waals surface area contributed by atoms with Crippen LogP contribution < -0.4 is 0 Å². The third-order valence-electron chi connectivity index (χ3n) is 1.63. The molecule has 0 aromatic carbocycles. The quantitative estimate of drug-likeness (QED) is 0.566. The van der Waals surface area contributed by atoms with E-state index in [1.54, 1.807) is 6.92 Å². The van der Waals surface area contributed by atoms with Crippen molar-refractivity contribution in [1.82, 2.24) is 0 Å². The first kappa shape index (κ1) is 6.75. The predicted molar refractivity (Wildman–Crippen MR) is 34.2 cm³/mol. The van der Waals surface area contributed by atoms with Gasteiger partial charge in [-0.3, -0.25) is 4.79 Å². The Hall–Kier alpha value is -0.370. The Morgan fingerprint density at radius 1 is 1.78 bits per heavy atom. The molecule has 2 atom stereocenters. The third-order valence-corrected chi connectivity index (χ3v) is 1.63. The minimum absolute atomic E-state index is 0.227. The third kappa shape index (κ3) is 1.52. The number of hydrogen-bond donors (Lipinski definition) is 0. The molecule has 2 nitrogen and oxygen atoms in total. The molecule has 2 unspecified atom stereocenters. The fraction of sp³-hybridized carbons (Fsp3) is 0.857. The van der Waals surface area contributed by atoms with E-state index in [1.165, 1.54) is 0 Å². The largest absolute Gasteiger partial charge is 0.378 e. The van der Waals surface area contributed by atoms with Crippen molar-refractivity contribution in [3.05, 3.63) is 0 Å². The summed E-state index contributed by atoms with van der Waals surface area (Å²) in [5.74, 6) is 0.499. The fourth-order valence-electron chi connectivity index (χ4n) is 0.998. The monoisotopic (exact) mass is 128 g/mol. The molecule has 1 fully saturated rings. The molecule has 9 heavy (non-hydrogen) atoms. The predicted octanol–water partition coefficient (Wildman–Crippen LogP) is 1.00. The highest BCUT2D eigenvalue weighted by Crippen LogP contribution is 2.33. The van der Waals surface area contributed by atoms with Crippen LogP contribution in [0.5, 0.6) is 0 Å². The lowest BCUT2D eigenvalue weighted by Gasteiger charge is -1.94. The Kier molecular flexibility index (Phi) is 1.86. The standard InChI is InChI=1S/C7H12O2/c1-3-9-7-4-6(7)5(2)8/h6-7H,3-4H2,1-2H3. The lowest BCUT2D eigenvalue weighted by atomic mass is 10.3. The van der Waals surface area contributed by atoms with Gasteiger partial charge in [0.15, 0.2) is 0 Å². The van der Waals surface area contributed by atoms with Gasteiger partial charge >= 0.3 is 0 Å². The van der Waals surface area contributed by atoms with E-state index in [0.29, 0.717) is 0 Å². The minimum Gasteiger partial charge on any atom is -0.378 e. The van der Waals surface area contributed by atoms with E-state index in [9.17, 15) is 4.79 Å². The van der Waals surface area contributed by atoms with Crippen LogP contribution in [0.2, 0.25) is 0 Å². The molecule has 1 saturated carbocycles. The lowest BCUT2D eigenvalue weighted by Crippen LogP contribution is -2.01. The number of rotatable bonds is 3. The summed E-state index contributed by atoms with van der Waals surface area (Å²) in [5, 5.41) is 0. The maximum atomic E-state index is 10.6. The van der Waals surface area contributed by atoms with Crippen molar-refractivity contribution in [2.24, 2.45) is 5.92 Å². The zero-order valence-corrected chi connectivity index (χ0v) is 5.89. The second-order valence-electron chi connectivity index (χ2n) is 2.45. The van der Waals surface area contributed by atoms with Crippen LogP contribution in [0, 0.1) is 5.92 Å². The zero-order valence-electron chi connectivity index (χ0n) is 5.89. The molecule has 0 aromatic heterocycles. The van der Waals surface area contributed by atoms with Gasteiger partial charge in [-0.1, -0.05) is 0 Å². The van der Waals surface area contributed by atoms with E-state index < -0.39 is 0 Å². The van der Waals surface area contributed by atoms with Crippen LogP contribution in [0.3, 0.4) is 0 Å². The fourth-order valence-corrected chi connectivity index (χ4v) is 0.998. The van der Waals surface area contributed by atoms with E-state index in [4.69, 9.17) is 4.74 Å². The molecule has 2 heteroatoms. The summed E-state index contributed by atoms with van der Waals surface area (Å²) in [6, 6.07) is 0. The molecule has 0 heterocycles. The Morgan fingerprint density at radius 2 is 2.44 bits per heavy atom. The van der Waals surface area contributed by atoms with E-state index in [0.717, 1.165) is 13.0 Å². The van der Waals surface area contributed by atoms with Gasteiger partial charge in [0.1, 0.15) is 5.78 Å².